The maximum atomic E-state index is 15.1. The van der Waals surface area contributed by atoms with E-state index >= 15 is 4.39 Å². The first-order valence-corrected chi connectivity index (χ1v) is 11.2. The third-order valence-corrected chi connectivity index (χ3v) is 7.29. The van der Waals surface area contributed by atoms with Gasteiger partial charge in [-0.25, -0.2) is 4.39 Å². The first kappa shape index (κ1) is 22.1. The smallest absolute Gasteiger partial charge is 0.126 e. The molecule has 0 radical (unpaired) electrons. The van der Waals surface area contributed by atoms with Crippen molar-refractivity contribution in [2.75, 3.05) is 19.6 Å². The zero-order valence-corrected chi connectivity index (χ0v) is 19.1. The summed E-state index contributed by atoms with van der Waals surface area (Å²) in [7, 11) is 0. The largest absolute Gasteiger partial charge is 0.303 e. The summed E-state index contributed by atoms with van der Waals surface area (Å²) >= 11 is 0. The van der Waals surface area contributed by atoms with Crippen molar-refractivity contribution in [3.63, 3.8) is 0 Å². The second-order valence-corrected chi connectivity index (χ2v) is 11.4. The molecule has 1 saturated heterocycles. The molecule has 1 nitrogen and oxygen atoms in total. The molecular weight excluding hydrogens is 369 g/mol. The van der Waals surface area contributed by atoms with Crippen LogP contribution in [0.3, 0.4) is 0 Å². The average Bonchev–Trinajstić information content (AvgIpc) is 3.36. The fourth-order valence-corrected chi connectivity index (χ4v) is 6.48. The van der Waals surface area contributed by atoms with Crippen LogP contribution in [0.15, 0.2) is 18.2 Å². The van der Waals surface area contributed by atoms with E-state index in [9.17, 15) is 0 Å². The van der Waals surface area contributed by atoms with E-state index < -0.39 is 0 Å². The molecule has 0 spiro atoms. The standard InChI is InChI=1S/C25H38FN.ClH/c1-24(2)14-20(15-25(3,4)17-24)23-21(6-5-7-22(23)26)19-10-12-27(13-11-19)16-18-8-9-18;/h5-7,18-20H,8-17H2,1-4H3;1H. The molecule has 2 saturated carbocycles. The lowest BCUT2D eigenvalue weighted by Gasteiger charge is -2.46. The summed E-state index contributed by atoms with van der Waals surface area (Å²) < 4.78 is 15.1. The van der Waals surface area contributed by atoms with Gasteiger partial charge in [-0.2, -0.15) is 0 Å². The number of hydrogen-bond donors (Lipinski definition) is 0. The van der Waals surface area contributed by atoms with E-state index in [1.807, 2.05) is 6.07 Å². The van der Waals surface area contributed by atoms with Gasteiger partial charge in [-0.1, -0.05) is 39.8 Å². The number of hydrogen-bond acceptors (Lipinski definition) is 1. The van der Waals surface area contributed by atoms with Gasteiger partial charge in [0.05, 0.1) is 0 Å². The molecule has 0 unspecified atom stereocenters. The fourth-order valence-electron chi connectivity index (χ4n) is 6.48. The van der Waals surface area contributed by atoms with Crippen LogP contribution in [0.1, 0.15) is 95.6 Å². The minimum Gasteiger partial charge on any atom is -0.303 e. The Hall–Kier alpha value is -0.600. The zero-order chi connectivity index (χ0) is 19.2. The van der Waals surface area contributed by atoms with E-state index in [-0.39, 0.29) is 18.2 Å². The Morgan fingerprint density at radius 2 is 1.54 bits per heavy atom. The van der Waals surface area contributed by atoms with Crippen LogP contribution in [0.5, 0.6) is 0 Å². The van der Waals surface area contributed by atoms with Crippen molar-refractivity contribution in [1.82, 2.24) is 4.90 Å². The van der Waals surface area contributed by atoms with Crippen molar-refractivity contribution in [2.45, 2.75) is 84.5 Å². The molecule has 3 fully saturated rings. The molecule has 0 aromatic heterocycles. The molecule has 1 heterocycles. The fraction of sp³-hybridized carbons (Fsp3) is 0.760. The molecule has 0 bridgehead atoms. The van der Waals surface area contributed by atoms with Crippen molar-refractivity contribution in [2.24, 2.45) is 16.7 Å². The van der Waals surface area contributed by atoms with Crippen molar-refractivity contribution >= 4 is 12.4 Å². The molecule has 0 N–H and O–H groups in total. The Bertz CT molecular complexity index is 655. The quantitative estimate of drug-likeness (QED) is 0.511. The van der Waals surface area contributed by atoms with Crippen molar-refractivity contribution < 1.29 is 4.39 Å². The van der Waals surface area contributed by atoms with Crippen LogP contribution in [0, 0.1) is 22.6 Å². The summed E-state index contributed by atoms with van der Waals surface area (Å²) in [4.78, 5) is 2.65. The van der Waals surface area contributed by atoms with Crippen LogP contribution in [0.25, 0.3) is 0 Å². The molecule has 0 atom stereocenters. The summed E-state index contributed by atoms with van der Waals surface area (Å²) in [6.07, 6.45) is 8.73. The minimum atomic E-state index is 0. The molecule has 2 aliphatic carbocycles. The Morgan fingerprint density at radius 3 is 2.11 bits per heavy atom. The monoisotopic (exact) mass is 407 g/mol. The number of rotatable bonds is 4. The summed E-state index contributed by atoms with van der Waals surface area (Å²) in [6.45, 7) is 13.2. The Morgan fingerprint density at radius 1 is 0.929 bits per heavy atom. The molecular formula is C25H39ClFN. The molecule has 3 heteroatoms. The van der Waals surface area contributed by atoms with Crippen molar-refractivity contribution in [1.29, 1.82) is 0 Å². The lowest BCUT2D eigenvalue weighted by atomic mass is 9.59. The molecule has 1 aromatic carbocycles. The van der Waals surface area contributed by atoms with E-state index in [0.717, 1.165) is 24.3 Å². The van der Waals surface area contributed by atoms with Gasteiger partial charge in [-0.3, -0.25) is 0 Å². The molecule has 158 valence electrons. The molecule has 0 amide bonds. The van der Waals surface area contributed by atoms with Crippen molar-refractivity contribution in [3.8, 4) is 0 Å². The summed E-state index contributed by atoms with van der Waals surface area (Å²) in [5.41, 5.74) is 2.98. The van der Waals surface area contributed by atoms with Gasteiger partial charge in [-0.05, 0) is 104 Å². The second-order valence-electron chi connectivity index (χ2n) is 11.4. The van der Waals surface area contributed by atoms with Gasteiger partial charge in [0.2, 0.25) is 0 Å². The number of benzene rings is 1. The van der Waals surface area contributed by atoms with E-state index in [1.165, 1.54) is 57.3 Å². The lowest BCUT2D eigenvalue weighted by Crippen LogP contribution is -2.36. The highest BCUT2D eigenvalue weighted by Crippen LogP contribution is 2.53. The SMILES string of the molecule is CC1(C)CC(c2c(F)cccc2C2CCN(CC3CC3)CC2)CC(C)(C)C1.Cl. The Labute approximate surface area is 177 Å². The summed E-state index contributed by atoms with van der Waals surface area (Å²) in [5.74, 6) is 1.92. The van der Waals surface area contributed by atoms with Crippen LogP contribution < -0.4 is 0 Å². The highest BCUT2D eigenvalue weighted by Gasteiger charge is 2.41. The number of piperidine rings is 1. The predicted octanol–water partition coefficient (Wildman–Crippen LogP) is 7.16. The molecule has 1 aliphatic heterocycles. The highest BCUT2D eigenvalue weighted by molar-refractivity contribution is 5.85. The van der Waals surface area contributed by atoms with Crippen LogP contribution in [0.2, 0.25) is 0 Å². The molecule has 1 aromatic rings. The normalized spacial score (nSPS) is 26.0. The number of halogens is 2. The van der Waals surface area contributed by atoms with Crippen LogP contribution in [-0.2, 0) is 0 Å². The van der Waals surface area contributed by atoms with Crippen LogP contribution >= 0.6 is 12.4 Å². The first-order chi connectivity index (χ1) is 12.7. The van der Waals surface area contributed by atoms with Gasteiger partial charge >= 0.3 is 0 Å². The third kappa shape index (κ3) is 5.11. The lowest BCUT2D eigenvalue weighted by molar-refractivity contribution is 0.0950. The molecule has 3 aliphatic rings. The predicted molar refractivity (Wildman–Crippen MR) is 119 cm³/mol. The highest BCUT2D eigenvalue weighted by atomic mass is 35.5. The molecule has 4 rings (SSSR count). The molecule has 28 heavy (non-hydrogen) atoms. The third-order valence-electron chi connectivity index (χ3n) is 7.29. The van der Waals surface area contributed by atoms with Crippen LogP contribution in [0.4, 0.5) is 4.39 Å². The topological polar surface area (TPSA) is 3.24 Å². The van der Waals surface area contributed by atoms with Crippen LogP contribution in [-0.4, -0.2) is 24.5 Å². The van der Waals surface area contributed by atoms with Gasteiger partial charge in [0.15, 0.2) is 0 Å². The van der Waals surface area contributed by atoms with E-state index in [2.05, 4.69) is 38.7 Å². The Balaban J connectivity index is 0.00000225. The van der Waals surface area contributed by atoms with Gasteiger partial charge in [0.25, 0.3) is 0 Å². The van der Waals surface area contributed by atoms with E-state index in [1.54, 1.807) is 6.07 Å². The Kier molecular flexibility index (Phi) is 6.52. The second kappa shape index (κ2) is 8.26. The maximum absolute atomic E-state index is 15.1. The van der Waals surface area contributed by atoms with Gasteiger partial charge in [0, 0.05) is 6.54 Å². The summed E-state index contributed by atoms with van der Waals surface area (Å²) in [6, 6.07) is 5.90. The number of nitrogens with zero attached hydrogens (tertiary/aromatic N) is 1. The number of likely N-dealkylation sites (tertiary alicyclic amines) is 1. The van der Waals surface area contributed by atoms with Crippen molar-refractivity contribution in [3.05, 3.63) is 35.1 Å². The maximum Gasteiger partial charge on any atom is 0.126 e. The van der Waals surface area contributed by atoms with E-state index in [0.29, 0.717) is 22.7 Å². The van der Waals surface area contributed by atoms with Gasteiger partial charge in [0.1, 0.15) is 5.82 Å². The van der Waals surface area contributed by atoms with Gasteiger partial charge in [-0.15, -0.1) is 12.4 Å². The first-order valence-electron chi connectivity index (χ1n) is 11.2. The summed E-state index contributed by atoms with van der Waals surface area (Å²) in [5, 5.41) is 0. The minimum absolute atomic E-state index is 0. The zero-order valence-electron chi connectivity index (χ0n) is 18.3. The van der Waals surface area contributed by atoms with E-state index in [4.69, 9.17) is 0 Å². The average molecular weight is 408 g/mol. The van der Waals surface area contributed by atoms with Gasteiger partial charge < -0.3 is 4.90 Å².